The van der Waals surface area contributed by atoms with E-state index in [0.29, 0.717) is 36.4 Å². The summed E-state index contributed by atoms with van der Waals surface area (Å²) in [6, 6.07) is 5.71. The van der Waals surface area contributed by atoms with E-state index in [2.05, 4.69) is 25.0 Å². The Balaban J connectivity index is 1.41. The fraction of sp³-hybridized carbons (Fsp3) is 0.526. The molecule has 2 aromatic rings. The molecule has 1 saturated carbocycles. The first-order valence-electron chi connectivity index (χ1n) is 9.62. The molecule has 2 fully saturated rings. The molecule has 1 saturated heterocycles. The van der Waals surface area contributed by atoms with E-state index in [1.165, 1.54) is 11.8 Å². The topological polar surface area (TPSA) is 90.7 Å². The van der Waals surface area contributed by atoms with E-state index in [4.69, 9.17) is 14.2 Å². The number of ether oxygens (including phenoxy) is 3. The zero-order valence-electron chi connectivity index (χ0n) is 16.6. The van der Waals surface area contributed by atoms with E-state index in [9.17, 15) is 4.79 Å². The second kappa shape index (κ2) is 8.91. The number of methoxy groups -OCH3 is 2. The van der Waals surface area contributed by atoms with Gasteiger partial charge in [0.25, 0.3) is 0 Å². The van der Waals surface area contributed by atoms with Crippen LogP contribution < -0.4 is 19.7 Å². The van der Waals surface area contributed by atoms with Crippen LogP contribution in [0.15, 0.2) is 23.4 Å². The average molecular weight is 420 g/mol. The van der Waals surface area contributed by atoms with Gasteiger partial charge in [0, 0.05) is 25.2 Å². The van der Waals surface area contributed by atoms with Crippen LogP contribution in [-0.2, 0) is 9.53 Å². The van der Waals surface area contributed by atoms with Crippen molar-refractivity contribution < 1.29 is 19.0 Å². The van der Waals surface area contributed by atoms with Crippen LogP contribution in [0.5, 0.6) is 11.5 Å². The highest BCUT2D eigenvalue weighted by molar-refractivity contribution is 7.99. The largest absolute Gasteiger partial charge is 0.497 e. The number of amides is 1. The molecule has 0 unspecified atom stereocenters. The number of morpholine rings is 1. The Morgan fingerprint density at radius 3 is 2.72 bits per heavy atom. The molecular weight excluding hydrogens is 394 g/mol. The zero-order chi connectivity index (χ0) is 20.2. The molecular formula is C19H25N5O4S. The second-order valence-corrected chi connectivity index (χ2v) is 7.83. The molecule has 0 radical (unpaired) electrons. The summed E-state index contributed by atoms with van der Waals surface area (Å²) in [6.45, 7) is 3.03. The highest BCUT2D eigenvalue weighted by Crippen LogP contribution is 2.41. The van der Waals surface area contributed by atoms with E-state index in [1.54, 1.807) is 32.4 Å². The Labute approximate surface area is 173 Å². The summed E-state index contributed by atoms with van der Waals surface area (Å²) >= 11 is 1.40. The standard InChI is InChI=1S/C19H25N5O4S/c1-26-14-5-6-15(16(11-14)27-2)20-17(25)12-29-19-22-21-18(24(19)13-3-4-13)23-7-9-28-10-8-23/h5-6,11,13H,3-4,7-10,12H2,1-2H3,(H,20,25). The second-order valence-electron chi connectivity index (χ2n) is 6.89. The third-order valence-corrected chi connectivity index (χ3v) is 5.81. The highest BCUT2D eigenvalue weighted by Gasteiger charge is 2.32. The van der Waals surface area contributed by atoms with Crippen molar-refractivity contribution in [2.75, 3.05) is 56.5 Å². The van der Waals surface area contributed by atoms with Crippen molar-refractivity contribution in [2.24, 2.45) is 0 Å². The van der Waals surface area contributed by atoms with Crippen LogP contribution in [0.3, 0.4) is 0 Å². The van der Waals surface area contributed by atoms with Gasteiger partial charge in [0.15, 0.2) is 5.16 Å². The predicted octanol–water partition coefficient (Wildman–Crippen LogP) is 2.20. The lowest BCUT2D eigenvalue weighted by Gasteiger charge is -2.27. The third kappa shape index (κ3) is 4.59. The van der Waals surface area contributed by atoms with Gasteiger partial charge in [0.2, 0.25) is 11.9 Å². The van der Waals surface area contributed by atoms with E-state index >= 15 is 0 Å². The molecule has 1 aliphatic carbocycles. The minimum absolute atomic E-state index is 0.128. The summed E-state index contributed by atoms with van der Waals surface area (Å²) in [6.07, 6.45) is 2.25. The third-order valence-electron chi connectivity index (χ3n) is 4.87. The lowest BCUT2D eigenvalue weighted by atomic mass is 10.2. The Morgan fingerprint density at radius 1 is 1.24 bits per heavy atom. The summed E-state index contributed by atoms with van der Waals surface area (Å²) in [4.78, 5) is 14.7. The molecule has 1 aliphatic heterocycles. The number of nitrogens with zero attached hydrogens (tertiary/aromatic N) is 4. The van der Waals surface area contributed by atoms with Crippen LogP contribution in [0.25, 0.3) is 0 Å². The van der Waals surface area contributed by atoms with Crippen LogP contribution in [0.2, 0.25) is 0 Å². The fourth-order valence-electron chi connectivity index (χ4n) is 3.22. The fourth-order valence-corrected chi connectivity index (χ4v) is 4.02. The molecule has 0 spiro atoms. The number of thioether (sulfide) groups is 1. The normalized spacial score (nSPS) is 16.6. The van der Waals surface area contributed by atoms with Crippen molar-refractivity contribution in [2.45, 2.75) is 24.0 Å². The van der Waals surface area contributed by atoms with Gasteiger partial charge < -0.3 is 24.4 Å². The maximum Gasteiger partial charge on any atom is 0.234 e. The smallest absolute Gasteiger partial charge is 0.234 e. The quantitative estimate of drug-likeness (QED) is 0.651. The van der Waals surface area contributed by atoms with Gasteiger partial charge in [0.05, 0.1) is 38.9 Å². The molecule has 0 bridgehead atoms. The van der Waals surface area contributed by atoms with Crippen molar-refractivity contribution in [1.29, 1.82) is 0 Å². The van der Waals surface area contributed by atoms with Crippen LogP contribution in [0, 0.1) is 0 Å². The number of rotatable bonds is 8. The zero-order valence-corrected chi connectivity index (χ0v) is 17.4. The first-order valence-corrected chi connectivity index (χ1v) is 10.6. The maximum atomic E-state index is 12.5. The van der Waals surface area contributed by atoms with Gasteiger partial charge in [-0.1, -0.05) is 11.8 Å². The van der Waals surface area contributed by atoms with Crippen molar-refractivity contribution in [3.63, 3.8) is 0 Å². The molecule has 1 amide bonds. The Kier molecular flexibility index (Phi) is 6.10. The minimum atomic E-state index is -0.128. The monoisotopic (exact) mass is 419 g/mol. The van der Waals surface area contributed by atoms with Crippen molar-refractivity contribution in [3.05, 3.63) is 18.2 Å². The first-order chi connectivity index (χ1) is 14.2. The van der Waals surface area contributed by atoms with E-state index in [-0.39, 0.29) is 11.7 Å². The minimum Gasteiger partial charge on any atom is -0.497 e. The molecule has 1 aromatic carbocycles. The van der Waals surface area contributed by atoms with Crippen LogP contribution >= 0.6 is 11.8 Å². The summed E-state index contributed by atoms with van der Waals surface area (Å²) in [7, 11) is 3.15. The predicted molar refractivity (Wildman–Crippen MR) is 110 cm³/mol. The lowest BCUT2D eigenvalue weighted by Crippen LogP contribution is -2.38. The number of carbonyl (C=O) groups is 1. The van der Waals surface area contributed by atoms with Gasteiger partial charge in [-0.2, -0.15) is 0 Å². The van der Waals surface area contributed by atoms with Gasteiger partial charge in [-0.15, -0.1) is 10.2 Å². The lowest BCUT2D eigenvalue weighted by molar-refractivity contribution is -0.113. The molecule has 156 valence electrons. The molecule has 4 rings (SSSR count). The van der Waals surface area contributed by atoms with Gasteiger partial charge in [-0.05, 0) is 25.0 Å². The number of carbonyl (C=O) groups excluding carboxylic acids is 1. The molecule has 1 N–H and O–H groups in total. The summed E-state index contributed by atoms with van der Waals surface area (Å²) in [5.74, 6) is 2.22. The van der Waals surface area contributed by atoms with E-state index in [1.807, 2.05) is 0 Å². The molecule has 1 aromatic heterocycles. The number of benzene rings is 1. The molecule has 10 heteroatoms. The van der Waals surface area contributed by atoms with Crippen molar-refractivity contribution in [3.8, 4) is 11.5 Å². The van der Waals surface area contributed by atoms with Gasteiger partial charge in [-0.25, -0.2) is 0 Å². The number of hydrogen-bond donors (Lipinski definition) is 1. The van der Waals surface area contributed by atoms with E-state index < -0.39 is 0 Å². The highest BCUT2D eigenvalue weighted by atomic mass is 32.2. The Bertz CT molecular complexity index is 864. The van der Waals surface area contributed by atoms with Crippen molar-refractivity contribution in [1.82, 2.24) is 14.8 Å². The van der Waals surface area contributed by atoms with Crippen LogP contribution in [0.1, 0.15) is 18.9 Å². The molecule has 29 heavy (non-hydrogen) atoms. The number of aromatic nitrogens is 3. The van der Waals surface area contributed by atoms with Gasteiger partial charge in [0.1, 0.15) is 11.5 Å². The number of anilines is 2. The van der Waals surface area contributed by atoms with Gasteiger partial charge in [-0.3, -0.25) is 9.36 Å². The molecule has 9 nitrogen and oxygen atoms in total. The summed E-state index contributed by atoms with van der Waals surface area (Å²) in [5.41, 5.74) is 0.608. The SMILES string of the molecule is COc1ccc(NC(=O)CSc2nnc(N3CCOCC3)n2C2CC2)c(OC)c1. The number of hydrogen-bond acceptors (Lipinski definition) is 8. The van der Waals surface area contributed by atoms with E-state index in [0.717, 1.165) is 37.0 Å². The van der Waals surface area contributed by atoms with Crippen LogP contribution in [0.4, 0.5) is 11.6 Å². The summed E-state index contributed by atoms with van der Waals surface area (Å²) < 4.78 is 18.1. The molecule has 0 atom stereocenters. The summed E-state index contributed by atoms with van der Waals surface area (Å²) in [5, 5.41) is 12.4. The molecule has 2 aliphatic rings. The maximum absolute atomic E-state index is 12.5. The average Bonchev–Trinajstić information content (AvgIpc) is 3.51. The van der Waals surface area contributed by atoms with Crippen molar-refractivity contribution >= 4 is 29.3 Å². The van der Waals surface area contributed by atoms with Crippen LogP contribution in [-0.4, -0.2) is 66.9 Å². The Hall–Kier alpha value is -2.46. The van der Waals surface area contributed by atoms with Gasteiger partial charge >= 0.3 is 0 Å². The Morgan fingerprint density at radius 2 is 2.03 bits per heavy atom. The molecule has 2 heterocycles. The number of nitrogens with one attached hydrogen (secondary N) is 1. The first kappa shape index (κ1) is 19.8.